The van der Waals surface area contributed by atoms with Gasteiger partial charge in [-0.15, -0.1) is 0 Å². The number of carboxylic acid groups (broad SMARTS) is 1. The van der Waals surface area contributed by atoms with E-state index in [1.807, 2.05) is 0 Å². The molecule has 0 radical (unpaired) electrons. The molecule has 0 spiro atoms. The lowest BCUT2D eigenvalue weighted by molar-refractivity contribution is -0.137. The second kappa shape index (κ2) is 7.72. The number of urea groups is 1. The molecule has 0 aromatic rings. The third-order valence-electron chi connectivity index (χ3n) is 3.55. The van der Waals surface area contributed by atoms with E-state index in [1.165, 1.54) is 6.42 Å². The molecule has 0 aromatic heterocycles. The minimum Gasteiger partial charge on any atom is -0.480 e. The van der Waals surface area contributed by atoms with E-state index in [9.17, 15) is 14.4 Å². The Labute approximate surface area is 118 Å². The highest BCUT2D eigenvalue weighted by Gasteiger charge is 2.22. The van der Waals surface area contributed by atoms with E-state index in [-0.39, 0.29) is 6.54 Å². The third-order valence-corrected chi connectivity index (χ3v) is 3.55. The number of carboxylic acids is 1. The maximum atomic E-state index is 11.9. The van der Waals surface area contributed by atoms with Gasteiger partial charge < -0.3 is 21.1 Å². The van der Waals surface area contributed by atoms with Crippen molar-refractivity contribution in [2.45, 2.75) is 32.6 Å². The molecule has 1 fully saturated rings. The van der Waals surface area contributed by atoms with Crippen LogP contribution in [0.4, 0.5) is 4.79 Å². The lowest BCUT2D eigenvalue weighted by atomic mass is 9.82. The number of hydrogen-bond donors (Lipinski definition) is 3. The molecule has 114 valence electrons. The Morgan fingerprint density at radius 3 is 2.55 bits per heavy atom. The second-order valence-electron chi connectivity index (χ2n) is 5.54. The van der Waals surface area contributed by atoms with Crippen LogP contribution in [0, 0.1) is 11.8 Å². The van der Waals surface area contributed by atoms with Crippen molar-refractivity contribution in [1.29, 1.82) is 0 Å². The van der Waals surface area contributed by atoms with Gasteiger partial charge in [0, 0.05) is 6.54 Å². The SMILES string of the molecule is CC1CCCC(CNC(=O)N(CC(N)=O)CC(=O)O)C1. The van der Waals surface area contributed by atoms with Gasteiger partial charge in [-0.3, -0.25) is 9.59 Å². The van der Waals surface area contributed by atoms with Crippen molar-refractivity contribution in [2.24, 2.45) is 17.6 Å². The fraction of sp³-hybridized carbons (Fsp3) is 0.769. The molecule has 4 N–H and O–H groups in total. The highest BCUT2D eigenvalue weighted by Crippen LogP contribution is 2.27. The summed E-state index contributed by atoms with van der Waals surface area (Å²) >= 11 is 0. The van der Waals surface area contributed by atoms with Crippen LogP contribution in [0.15, 0.2) is 0 Å². The van der Waals surface area contributed by atoms with Crippen molar-refractivity contribution in [3.05, 3.63) is 0 Å². The van der Waals surface area contributed by atoms with Crippen LogP contribution in [-0.2, 0) is 9.59 Å². The molecule has 0 bridgehead atoms. The highest BCUT2D eigenvalue weighted by atomic mass is 16.4. The standard InChI is InChI=1S/C13H23N3O4/c1-9-3-2-4-10(5-9)6-15-13(20)16(7-11(14)17)8-12(18)19/h9-10H,2-8H2,1H3,(H2,14,17)(H,15,20)(H,18,19). The van der Waals surface area contributed by atoms with E-state index in [2.05, 4.69) is 12.2 Å². The molecule has 0 heterocycles. The van der Waals surface area contributed by atoms with Crippen LogP contribution < -0.4 is 11.1 Å². The van der Waals surface area contributed by atoms with Crippen LogP contribution in [0.1, 0.15) is 32.6 Å². The Kier molecular flexibility index (Phi) is 6.27. The lowest BCUT2D eigenvalue weighted by Gasteiger charge is -2.28. The summed E-state index contributed by atoms with van der Waals surface area (Å²) in [5.41, 5.74) is 5.01. The van der Waals surface area contributed by atoms with E-state index in [4.69, 9.17) is 10.8 Å². The highest BCUT2D eigenvalue weighted by molar-refractivity contribution is 5.85. The minimum atomic E-state index is -1.17. The zero-order valence-corrected chi connectivity index (χ0v) is 11.8. The number of nitrogens with two attached hydrogens (primary N) is 1. The summed E-state index contributed by atoms with van der Waals surface area (Å²) in [7, 11) is 0. The van der Waals surface area contributed by atoms with Gasteiger partial charge in [0.15, 0.2) is 0 Å². The third kappa shape index (κ3) is 5.90. The van der Waals surface area contributed by atoms with Gasteiger partial charge in [0.1, 0.15) is 13.1 Å². The first-order valence-corrected chi connectivity index (χ1v) is 6.91. The fourth-order valence-corrected chi connectivity index (χ4v) is 2.64. The first kappa shape index (κ1) is 16.3. The molecule has 7 heteroatoms. The van der Waals surface area contributed by atoms with Crippen molar-refractivity contribution in [3.63, 3.8) is 0 Å². The predicted octanol–water partition coefficient (Wildman–Crippen LogP) is 0.394. The van der Waals surface area contributed by atoms with Crippen molar-refractivity contribution in [2.75, 3.05) is 19.6 Å². The van der Waals surface area contributed by atoms with Gasteiger partial charge in [0.2, 0.25) is 5.91 Å². The molecular weight excluding hydrogens is 262 g/mol. The van der Waals surface area contributed by atoms with Gasteiger partial charge in [-0.2, -0.15) is 0 Å². The van der Waals surface area contributed by atoms with Gasteiger partial charge in [0.25, 0.3) is 0 Å². The van der Waals surface area contributed by atoms with Crippen LogP contribution in [-0.4, -0.2) is 47.5 Å². The van der Waals surface area contributed by atoms with Crippen LogP contribution >= 0.6 is 0 Å². The summed E-state index contributed by atoms with van der Waals surface area (Å²) in [5.74, 6) is -0.824. The van der Waals surface area contributed by atoms with E-state index in [0.717, 1.165) is 24.2 Å². The Balaban J connectivity index is 2.44. The molecule has 1 aliphatic rings. The summed E-state index contributed by atoms with van der Waals surface area (Å²) < 4.78 is 0. The van der Waals surface area contributed by atoms with Crippen molar-refractivity contribution >= 4 is 17.9 Å². The molecule has 2 unspecified atom stereocenters. The molecule has 7 nitrogen and oxygen atoms in total. The van der Waals surface area contributed by atoms with Crippen molar-refractivity contribution in [1.82, 2.24) is 10.2 Å². The molecule has 1 aliphatic carbocycles. The molecule has 0 aromatic carbocycles. The summed E-state index contributed by atoms with van der Waals surface area (Å²) in [6, 6.07) is -0.551. The zero-order chi connectivity index (χ0) is 15.1. The Bertz CT molecular complexity index is 357. The summed E-state index contributed by atoms with van der Waals surface area (Å²) in [4.78, 5) is 34.3. The number of nitrogens with zero attached hydrogens (tertiary/aromatic N) is 1. The van der Waals surface area contributed by atoms with E-state index in [0.29, 0.717) is 18.4 Å². The monoisotopic (exact) mass is 285 g/mol. The Morgan fingerprint density at radius 1 is 1.30 bits per heavy atom. The van der Waals surface area contributed by atoms with Crippen molar-refractivity contribution < 1.29 is 19.5 Å². The van der Waals surface area contributed by atoms with Gasteiger partial charge in [0.05, 0.1) is 0 Å². The number of carbonyl (C=O) groups excluding carboxylic acids is 2. The number of carbonyl (C=O) groups is 3. The molecule has 3 amide bonds. The summed E-state index contributed by atoms with van der Waals surface area (Å²) in [5, 5.41) is 11.4. The first-order valence-electron chi connectivity index (χ1n) is 6.91. The van der Waals surface area contributed by atoms with E-state index >= 15 is 0 Å². The molecule has 0 saturated heterocycles. The topological polar surface area (TPSA) is 113 Å². The first-order chi connectivity index (χ1) is 9.38. The maximum absolute atomic E-state index is 11.9. The average molecular weight is 285 g/mol. The van der Waals surface area contributed by atoms with E-state index < -0.39 is 24.5 Å². The molecular formula is C13H23N3O4. The normalized spacial score (nSPS) is 22.1. The van der Waals surface area contributed by atoms with Gasteiger partial charge >= 0.3 is 12.0 Å². The van der Waals surface area contributed by atoms with Crippen LogP contribution in [0.25, 0.3) is 0 Å². The Morgan fingerprint density at radius 2 is 2.00 bits per heavy atom. The predicted molar refractivity (Wildman–Crippen MR) is 72.9 cm³/mol. The lowest BCUT2D eigenvalue weighted by Crippen LogP contribution is -2.47. The number of nitrogens with one attached hydrogen (secondary N) is 1. The van der Waals surface area contributed by atoms with Crippen LogP contribution in [0.5, 0.6) is 0 Å². The van der Waals surface area contributed by atoms with Crippen LogP contribution in [0.3, 0.4) is 0 Å². The van der Waals surface area contributed by atoms with Crippen molar-refractivity contribution in [3.8, 4) is 0 Å². The molecule has 1 saturated carbocycles. The number of hydrogen-bond acceptors (Lipinski definition) is 3. The smallest absolute Gasteiger partial charge is 0.323 e. The van der Waals surface area contributed by atoms with Gasteiger partial charge in [-0.1, -0.05) is 19.8 Å². The van der Waals surface area contributed by atoms with Gasteiger partial charge in [-0.25, -0.2) is 4.79 Å². The van der Waals surface area contributed by atoms with Crippen LogP contribution in [0.2, 0.25) is 0 Å². The number of primary amides is 1. The number of amides is 3. The largest absolute Gasteiger partial charge is 0.480 e. The maximum Gasteiger partial charge on any atom is 0.323 e. The Hall–Kier alpha value is -1.79. The molecule has 1 rings (SSSR count). The van der Waals surface area contributed by atoms with Gasteiger partial charge in [-0.05, 0) is 24.7 Å². The number of rotatable bonds is 6. The quantitative estimate of drug-likeness (QED) is 0.655. The minimum absolute atomic E-state index is 0.390. The van der Waals surface area contributed by atoms with E-state index in [1.54, 1.807) is 0 Å². The fourth-order valence-electron chi connectivity index (χ4n) is 2.64. The zero-order valence-electron chi connectivity index (χ0n) is 11.8. The summed E-state index contributed by atoms with van der Waals surface area (Å²) in [6.07, 6.45) is 4.51. The average Bonchev–Trinajstić information content (AvgIpc) is 2.34. The molecule has 0 aliphatic heterocycles. The second-order valence-corrected chi connectivity index (χ2v) is 5.54. The molecule has 2 atom stereocenters. The summed E-state index contributed by atoms with van der Waals surface area (Å²) in [6.45, 7) is 1.78. The number of aliphatic carboxylic acids is 1. The molecule has 20 heavy (non-hydrogen) atoms.